The molecule has 1 aliphatic carbocycles. The van der Waals surface area contributed by atoms with E-state index in [1.54, 1.807) is 0 Å². The first-order valence-corrected chi connectivity index (χ1v) is 21.6. The van der Waals surface area contributed by atoms with E-state index in [4.69, 9.17) is 0 Å². The number of fused-ring (bicyclic) bond motifs is 4. The van der Waals surface area contributed by atoms with E-state index in [1.807, 2.05) is 0 Å². The van der Waals surface area contributed by atoms with Crippen LogP contribution >= 0.6 is 0 Å². The number of benzene rings is 10. The van der Waals surface area contributed by atoms with Gasteiger partial charge in [-0.1, -0.05) is 202 Å². The molecular weight excluding hydrogens is 747 g/mol. The lowest BCUT2D eigenvalue weighted by molar-refractivity contribution is 0.662. The Morgan fingerprint density at radius 1 is 0.274 bits per heavy atom. The highest BCUT2D eigenvalue weighted by Gasteiger charge is 2.37. The summed E-state index contributed by atoms with van der Waals surface area (Å²) < 4.78 is 0. The molecule has 0 aliphatic heterocycles. The van der Waals surface area contributed by atoms with Crippen molar-refractivity contribution in [1.29, 1.82) is 0 Å². The van der Waals surface area contributed by atoms with Gasteiger partial charge in [0.1, 0.15) is 0 Å². The minimum atomic E-state index is -0.0897. The van der Waals surface area contributed by atoms with Gasteiger partial charge in [-0.05, 0) is 137 Å². The summed E-state index contributed by atoms with van der Waals surface area (Å²) in [6.45, 7) is 4.73. The summed E-state index contributed by atoms with van der Waals surface area (Å²) in [5, 5.41) is 2.51. The Balaban J connectivity index is 0.943. The highest BCUT2D eigenvalue weighted by molar-refractivity contribution is 5.90. The molecule has 0 saturated heterocycles. The summed E-state index contributed by atoms with van der Waals surface area (Å²) in [6, 6.07) is 86.4. The molecule has 0 N–H and O–H groups in total. The molecule has 0 saturated carbocycles. The molecule has 11 rings (SSSR count). The lowest BCUT2D eigenvalue weighted by atomic mass is 9.79. The van der Waals surface area contributed by atoms with E-state index >= 15 is 0 Å². The Kier molecular flexibility index (Phi) is 9.24. The smallest absolute Gasteiger partial charge is 0.0462 e. The Labute approximate surface area is 364 Å². The van der Waals surface area contributed by atoms with Crippen LogP contribution in [0.5, 0.6) is 0 Å². The molecule has 294 valence electrons. The van der Waals surface area contributed by atoms with E-state index < -0.39 is 0 Å². The van der Waals surface area contributed by atoms with E-state index in [9.17, 15) is 0 Å². The Morgan fingerprint density at radius 2 is 0.677 bits per heavy atom. The first-order chi connectivity index (χ1) is 30.5. The Bertz CT molecular complexity index is 3210. The zero-order chi connectivity index (χ0) is 41.6. The zero-order valence-electron chi connectivity index (χ0n) is 35.0. The fourth-order valence-electron chi connectivity index (χ4n) is 9.66. The van der Waals surface area contributed by atoms with E-state index in [2.05, 4.69) is 255 Å². The standard InChI is InChI=1S/C61H45N/c1-61(2)59-21-9-8-18-57(59)58-20-11-19-56(60(58)61)48-32-38-55(39-33-48)62(53-34-28-46(29-35-53)45-24-22-44(23-25-45)42-12-4-3-5-13-42)54-36-30-47(31-37-54)50-16-10-17-51(40-50)52-27-26-43-14-6-7-15-49(43)41-52/h3-41H,1-2H3. The monoisotopic (exact) mass is 791 g/mol. The predicted octanol–water partition coefficient (Wildman–Crippen LogP) is 17.0. The molecule has 0 spiro atoms. The van der Waals surface area contributed by atoms with Crippen LogP contribution in [0.4, 0.5) is 17.1 Å². The van der Waals surface area contributed by atoms with E-state index in [1.165, 1.54) is 88.7 Å². The van der Waals surface area contributed by atoms with Crippen molar-refractivity contribution in [1.82, 2.24) is 0 Å². The maximum absolute atomic E-state index is 2.37. The molecule has 0 aromatic heterocycles. The quantitative estimate of drug-likeness (QED) is 0.148. The Morgan fingerprint density at radius 3 is 1.32 bits per heavy atom. The second-order valence-corrected chi connectivity index (χ2v) is 17.0. The van der Waals surface area contributed by atoms with Gasteiger partial charge in [0.05, 0.1) is 0 Å². The predicted molar refractivity (Wildman–Crippen MR) is 263 cm³/mol. The average molecular weight is 792 g/mol. The van der Waals surface area contributed by atoms with Crippen LogP contribution in [-0.4, -0.2) is 0 Å². The molecule has 0 atom stereocenters. The highest BCUT2D eigenvalue weighted by Crippen LogP contribution is 2.52. The largest absolute Gasteiger partial charge is 0.311 e. The van der Waals surface area contributed by atoms with Crippen LogP contribution in [0.15, 0.2) is 237 Å². The van der Waals surface area contributed by atoms with Gasteiger partial charge in [0.2, 0.25) is 0 Å². The normalized spacial score (nSPS) is 12.5. The first kappa shape index (κ1) is 37.3. The van der Waals surface area contributed by atoms with Gasteiger partial charge in [-0.15, -0.1) is 0 Å². The van der Waals surface area contributed by atoms with Crippen LogP contribution in [0, 0.1) is 0 Å². The average Bonchev–Trinajstić information content (AvgIpc) is 3.58. The van der Waals surface area contributed by atoms with Crippen molar-refractivity contribution in [2.45, 2.75) is 19.3 Å². The molecule has 1 nitrogen and oxygen atoms in total. The van der Waals surface area contributed by atoms with Crippen LogP contribution in [0.3, 0.4) is 0 Å². The molecule has 10 aromatic rings. The van der Waals surface area contributed by atoms with Gasteiger partial charge in [-0.25, -0.2) is 0 Å². The maximum Gasteiger partial charge on any atom is 0.0462 e. The molecule has 0 fully saturated rings. The van der Waals surface area contributed by atoms with Gasteiger partial charge in [0, 0.05) is 22.5 Å². The minimum absolute atomic E-state index is 0.0897. The van der Waals surface area contributed by atoms with Gasteiger partial charge in [-0.2, -0.15) is 0 Å². The third-order valence-corrected chi connectivity index (χ3v) is 12.9. The van der Waals surface area contributed by atoms with E-state index in [0.717, 1.165) is 17.1 Å². The molecule has 62 heavy (non-hydrogen) atoms. The summed E-state index contributed by atoms with van der Waals surface area (Å²) in [4.78, 5) is 2.37. The molecule has 0 amide bonds. The van der Waals surface area contributed by atoms with E-state index in [0.29, 0.717) is 0 Å². The third-order valence-electron chi connectivity index (χ3n) is 12.9. The zero-order valence-corrected chi connectivity index (χ0v) is 35.0. The molecule has 1 aliphatic rings. The van der Waals surface area contributed by atoms with Crippen LogP contribution in [0.1, 0.15) is 25.0 Å². The second kappa shape index (κ2) is 15.4. The van der Waals surface area contributed by atoms with Gasteiger partial charge < -0.3 is 4.90 Å². The van der Waals surface area contributed by atoms with E-state index in [-0.39, 0.29) is 5.41 Å². The van der Waals surface area contributed by atoms with Crippen molar-refractivity contribution < 1.29 is 0 Å². The van der Waals surface area contributed by atoms with Gasteiger partial charge >= 0.3 is 0 Å². The second-order valence-electron chi connectivity index (χ2n) is 17.0. The molecule has 10 aromatic carbocycles. The molecule has 1 heteroatoms. The Hall–Kier alpha value is -7.74. The van der Waals surface area contributed by atoms with Crippen LogP contribution in [-0.2, 0) is 5.41 Å². The SMILES string of the molecule is CC1(C)c2ccccc2-c2cccc(-c3ccc(N(c4ccc(-c5ccc(-c6ccccc6)cc5)cc4)c4ccc(-c5cccc(-c6ccc7ccccc7c6)c5)cc4)cc3)c21. The van der Waals surface area contributed by atoms with Gasteiger partial charge in [0.15, 0.2) is 0 Å². The molecular formula is C61H45N. The molecule has 0 heterocycles. The molecule has 0 unspecified atom stereocenters. The van der Waals surface area contributed by atoms with Crippen molar-refractivity contribution in [3.05, 3.63) is 248 Å². The van der Waals surface area contributed by atoms with Crippen molar-refractivity contribution in [3.63, 3.8) is 0 Å². The summed E-state index contributed by atoms with van der Waals surface area (Å²) in [6.07, 6.45) is 0. The summed E-state index contributed by atoms with van der Waals surface area (Å²) >= 11 is 0. The van der Waals surface area contributed by atoms with Crippen molar-refractivity contribution >= 4 is 27.8 Å². The fraction of sp³-hybridized carbons (Fsp3) is 0.0492. The van der Waals surface area contributed by atoms with Crippen LogP contribution in [0.2, 0.25) is 0 Å². The summed E-state index contributed by atoms with van der Waals surface area (Å²) in [5.41, 5.74) is 20.9. The molecule has 0 bridgehead atoms. The fourth-order valence-corrected chi connectivity index (χ4v) is 9.66. The highest BCUT2D eigenvalue weighted by atomic mass is 15.1. The first-order valence-electron chi connectivity index (χ1n) is 21.6. The van der Waals surface area contributed by atoms with Crippen LogP contribution in [0.25, 0.3) is 77.5 Å². The van der Waals surface area contributed by atoms with Crippen molar-refractivity contribution in [3.8, 4) is 66.8 Å². The van der Waals surface area contributed by atoms with Gasteiger partial charge in [0.25, 0.3) is 0 Å². The van der Waals surface area contributed by atoms with Crippen molar-refractivity contribution in [2.24, 2.45) is 0 Å². The minimum Gasteiger partial charge on any atom is -0.311 e. The lowest BCUT2D eigenvalue weighted by Crippen LogP contribution is -2.16. The third kappa shape index (κ3) is 6.69. The lowest BCUT2D eigenvalue weighted by Gasteiger charge is -2.27. The molecule has 0 radical (unpaired) electrons. The van der Waals surface area contributed by atoms with Crippen LogP contribution < -0.4 is 4.90 Å². The summed E-state index contributed by atoms with van der Waals surface area (Å²) in [5.74, 6) is 0. The summed E-state index contributed by atoms with van der Waals surface area (Å²) in [7, 11) is 0. The number of anilines is 3. The number of nitrogens with zero attached hydrogens (tertiary/aromatic N) is 1. The van der Waals surface area contributed by atoms with Crippen molar-refractivity contribution in [2.75, 3.05) is 4.90 Å². The van der Waals surface area contributed by atoms with Gasteiger partial charge in [-0.3, -0.25) is 0 Å². The number of rotatable bonds is 8. The maximum atomic E-state index is 2.37. The number of hydrogen-bond acceptors (Lipinski definition) is 1. The topological polar surface area (TPSA) is 3.24 Å². The number of hydrogen-bond donors (Lipinski definition) is 0.